The van der Waals surface area contributed by atoms with Crippen molar-refractivity contribution in [3.05, 3.63) is 48.0 Å². The first-order valence-electron chi connectivity index (χ1n) is 8.08. The average Bonchev–Trinajstić information content (AvgIpc) is 3.11. The van der Waals surface area contributed by atoms with Crippen LogP contribution in [0.15, 0.2) is 36.7 Å². The van der Waals surface area contributed by atoms with E-state index < -0.39 is 11.9 Å². The molecule has 132 valence electrons. The highest BCUT2D eigenvalue weighted by Gasteiger charge is 2.28. The van der Waals surface area contributed by atoms with Crippen LogP contribution in [0.25, 0.3) is 10.1 Å². The van der Waals surface area contributed by atoms with Crippen LogP contribution in [0, 0.1) is 0 Å². The molecular weight excluding hydrogens is 354 g/mol. The van der Waals surface area contributed by atoms with Gasteiger partial charge in [-0.15, -0.1) is 0 Å². The lowest BCUT2D eigenvalue weighted by Gasteiger charge is -2.35. The van der Waals surface area contributed by atoms with Crippen LogP contribution in [0.1, 0.15) is 21.0 Å². The third-order valence-electron chi connectivity index (χ3n) is 4.33. The molecule has 1 aliphatic heterocycles. The van der Waals surface area contributed by atoms with E-state index in [1.807, 2.05) is 24.3 Å². The summed E-state index contributed by atoms with van der Waals surface area (Å²) in [5, 5.41) is 10.3. The standard InChI is InChI=1S/C17H15N5O3S/c23-16(13-14(17(24)25)19-6-5-18-13)22-9-7-21(8-10-22)15-11-3-1-2-4-12(11)26-20-15/h1-6H,7-10H2,(H,24,25). The fourth-order valence-electron chi connectivity index (χ4n) is 3.02. The fourth-order valence-corrected chi connectivity index (χ4v) is 3.82. The molecule has 1 aromatic carbocycles. The number of carbonyl (C=O) groups excluding carboxylic acids is 1. The number of hydrogen-bond acceptors (Lipinski definition) is 7. The number of hydrogen-bond donors (Lipinski definition) is 1. The van der Waals surface area contributed by atoms with Gasteiger partial charge >= 0.3 is 5.97 Å². The highest BCUT2D eigenvalue weighted by Crippen LogP contribution is 2.29. The molecule has 1 fully saturated rings. The van der Waals surface area contributed by atoms with Gasteiger partial charge in [0.2, 0.25) is 0 Å². The van der Waals surface area contributed by atoms with Crippen molar-refractivity contribution in [3.8, 4) is 0 Å². The Labute approximate surface area is 152 Å². The van der Waals surface area contributed by atoms with Crippen LogP contribution >= 0.6 is 11.5 Å². The summed E-state index contributed by atoms with van der Waals surface area (Å²) < 4.78 is 5.68. The molecule has 0 aliphatic carbocycles. The van der Waals surface area contributed by atoms with Crippen molar-refractivity contribution in [1.82, 2.24) is 19.2 Å². The summed E-state index contributed by atoms with van der Waals surface area (Å²) in [5.41, 5.74) is -0.432. The van der Waals surface area contributed by atoms with Crippen LogP contribution < -0.4 is 4.90 Å². The molecule has 3 heterocycles. The molecule has 1 saturated heterocycles. The van der Waals surface area contributed by atoms with Gasteiger partial charge < -0.3 is 14.9 Å². The normalized spacial score (nSPS) is 14.6. The summed E-state index contributed by atoms with van der Waals surface area (Å²) >= 11 is 1.46. The number of carboxylic acids is 1. The molecular formula is C17H15N5O3S. The topological polar surface area (TPSA) is 99.5 Å². The van der Waals surface area contributed by atoms with Gasteiger partial charge in [-0.3, -0.25) is 4.79 Å². The summed E-state index contributed by atoms with van der Waals surface area (Å²) in [4.78, 5) is 35.4. The Hall–Kier alpha value is -3.07. The van der Waals surface area contributed by atoms with E-state index in [0.717, 1.165) is 15.9 Å². The molecule has 1 amide bonds. The van der Waals surface area contributed by atoms with E-state index in [-0.39, 0.29) is 11.4 Å². The minimum Gasteiger partial charge on any atom is -0.476 e. The second-order valence-corrected chi connectivity index (χ2v) is 6.65. The third-order valence-corrected chi connectivity index (χ3v) is 5.15. The average molecular weight is 369 g/mol. The molecule has 3 aromatic rings. The molecule has 0 spiro atoms. The molecule has 0 saturated carbocycles. The van der Waals surface area contributed by atoms with Gasteiger partial charge in [0.1, 0.15) is 5.82 Å². The minimum absolute atomic E-state index is 0.118. The maximum absolute atomic E-state index is 12.7. The Morgan fingerprint density at radius 1 is 1.00 bits per heavy atom. The SMILES string of the molecule is O=C(O)c1nccnc1C(=O)N1CCN(c2nsc3ccccc23)CC1. The molecule has 2 aromatic heterocycles. The van der Waals surface area contributed by atoms with Gasteiger partial charge in [-0.25, -0.2) is 14.8 Å². The quantitative estimate of drug-likeness (QED) is 0.751. The number of carboxylic acid groups (broad SMARTS) is 1. The van der Waals surface area contributed by atoms with Crippen LogP contribution in [0.5, 0.6) is 0 Å². The van der Waals surface area contributed by atoms with E-state index in [1.54, 1.807) is 4.90 Å². The number of benzene rings is 1. The molecule has 1 aliphatic rings. The lowest BCUT2D eigenvalue weighted by molar-refractivity contribution is 0.0663. The largest absolute Gasteiger partial charge is 0.476 e. The first kappa shape index (κ1) is 16.4. The Morgan fingerprint density at radius 3 is 2.42 bits per heavy atom. The van der Waals surface area contributed by atoms with Crippen LogP contribution in [0.2, 0.25) is 0 Å². The molecule has 9 heteroatoms. The number of piperazine rings is 1. The second-order valence-electron chi connectivity index (χ2n) is 5.84. The Morgan fingerprint density at radius 2 is 1.69 bits per heavy atom. The van der Waals surface area contributed by atoms with E-state index in [0.29, 0.717) is 26.2 Å². The highest BCUT2D eigenvalue weighted by atomic mass is 32.1. The second kappa shape index (κ2) is 6.68. The Balaban J connectivity index is 1.50. The van der Waals surface area contributed by atoms with Crippen LogP contribution in [-0.2, 0) is 0 Å². The predicted octanol–water partition coefficient (Wildman–Crippen LogP) is 1.75. The highest BCUT2D eigenvalue weighted by molar-refractivity contribution is 7.13. The van der Waals surface area contributed by atoms with Gasteiger partial charge in [0, 0.05) is 44.0 Å². The first-order chi connectivity index (χ1) is 12.6. The summed E-state index contributed by atoms with van der Waals surface area (Å²) in [6.07, 6.45) is 2.60. The number of aromatic nitrogens is 3. The molecule has 0 atom stereocenters. The summed E-state index contributed by atoms with van der Waals surface area (Å²) in [7, 11) is 0. The number of nitrogens with zero attached hydrogens (tertiary/aromatic N) is 5. The fraction of sp³-hybridized carbons (Fsp3) is 0.235. The van der Waals surface area contributed by atoms with Gasteiger partial charge in [0.15, 0.2) is 11.4 Å². The lowest BCUT2D eigenvalue weighted by Crippen LogP contribution is -2.49. The Bertz CT molecular complexity index is 981. The zero-order valence-electron chi connectivity index (χ0n) is 13.7. The Kier molecular flexibility index (Phi) is 4.21. The molecule has 4 rings (SSSR count). The van der Waals surface area contributed by atoms with Gasteiger partial charge in [0.05, 0.1) is 4.70 Å². The van der Waals surface area contributed by atoms with Crippen molar-refractivity contribution in [2.75, 3.05) is 31.1 Å². The minimum atomic E-state index is -1.26. The van der Waals surface area contributed by atoms with Crippen molar-refractivity contribution < 1.29 is 14.7 Å². The number of carbonyl (C=O) groups is 2. The predicted molar refractivity (Wildman–Crippen MR) is 96.7 cm³/mol. The maximum atomic E-state index is 12.7. The van der Waals surface area contributed by atoms with Crippen molar-refractivity contribution >= 4 is 39.3 Å². The molecule has 8 nitrogen and oxygen atoms in total. The van der Waals surface area contributed by atoms with Crippen molar-refractivity contribution in [3.63, 3.8) is 0 Å². The first-order valence-corrected chi connectivity index (χ1v) is 8.85. The third kappa shape index (κ3) is 2.86. The molecule has 0 bridgehead atoms. The lowest BCUT2D eigenvalue weighted by atomic mass is 10.2. The van der Waals surface area contributed by atoms with Crippen LogP contribution in [0.4, 0.5) is 5.82 Å². The van der Waals surface area contributed by atoms with E-state index in [2.05, 4.69) is 19.2 Å². The maximum Gasteiger partial charge on any atom is 0.356 e. The summed E-state index contributed by atoms with van der Waals surface area (Å²) in [6.45, 7) is 2.20. The van der Waals surface area contributed by atoms with E-state index in [9.17, 15) is 14.7 Å². The summed E-state index contributed by atoms with van der Waals surface area (Å²) in [6, 6.07) is 8.06. The molecule has 26 heavy (non-hydrogen) atoms. The van der Waals surface area contributed by atoms with Gasteiger partial charge in [-0.05, 0) is 23.7 Å². The van der Waals surface area contributed by atoms with Gasteiger partial charge in [-0.1, -0.05) is 12.1 Å². The number of rotatable bonds is 3. The van der Waals surface area contributed by atoms with E-state index in [1.165, 1.54) is 23.9 Å². The van der Waals surface area contributed by atoms with E-state index >= 15 is 0 Å². The number of fused-ring (bicyclic) bond motifs is 1. The molecule has 1 N–H and O–H groups in total. The van der Waals surface area contributed by atoms with Crippen molar-refractivity contribution in [2.24, 2.45) is 0 Å². The van der Waals surface area contributed by atoms with Crippen molar-refractivity contribution in [2.45, 2.75) is 0 Å². The monoisotopic (exact) mass is 369 g/mol. The van der Waals surface area contributed by atoms with Crippen LogP contribution in [0.3, 0.4) is 0 Å². The molecule has 0 radical (unpaired) electrons. The zero-order chi connectivity index (χ0) is 18.1. The summed E-state index contributed by atoms with van der Waals surface area (Å²) in [5.74, 6) is -0.726. The van der Waals surface area contributed by atoms with Gasteiger partial charge in [-0.2, -0.15) is 4.37 Å². The van der Waals surface area contributed by atoms with E-state index in [4.69, 9.17) is 0 Å². The van der Waals surface area contributed by atoms with Crippen LogP contribution in [-0.4, -0.2) is 62.4 Å². The van der Waals surface area contributed by atoms with Crippen molar-refractivity contribution in [1.29, 1.82) is 0 Å². The smallest absolute Gasteiger partial charge is 0.356 e. The molecule has 0 unspecified atom stereocenters. The number of anilines is 1. The zero-order valence-corrected chi connectivity index (χ0v) is 14.5. The number of aromatic carboxylic acids is 1. The van der Waals surface area contributed by atoms with Gasteiger partial charge in [0.25, 0.3) is 5.91 Å². The number of amides is 1.